The van der Waals surface area contributed by atoms with Crippen LogP contribution in [-0.4, -0.2) is 29.7 Å². The molecule has 0 saturated heterocycles. The Morgan fingerprint density at radius 1 is 1.03 bits per heavy atom. The first-order valence-corrected chi connectivity index (χ1v) is 10.8. The zero-order valence-electron chi connectivity index (χ0n) is 17.4. The van der Waals surface area contributed by atoms with Gasteiger partial charge in [0.25, 0.3) is 5.91 Å². The number of hydrogen-bond donors (Lipinski definition) is 0. The quantitative estimate of drug-likeness (QED) is 0.205. The lowest BCUT2D eigenvalue weighted by atomic mass is 10.2. The highest BCUT2D eigenvalue weighted by molar-refractivity contribution is 7.16. The summed E-state index contributed by atoms with van der Waals surface area (Å²) in [4.78, 5) is 29.5. The van der Waals surface area contributed by atoms with Crippen LogP contribution >= 0.6 is 11.3 Å². The van der Waals surface area contributed by atoms with Gasteiger partial charge in [0.2, 0.25) is 0 Å². The first-order chi connectivity index (χ1) is 16.3. The summed E-state index contributed by atoms with van der Waals surface area (Å²) in [6, 6.07) is 17.7. The second-order valence-corrected chi connectivity index (χ2v) is 7.91. The molecule has 34 heavy (non-hydrogen) atoms. The van der Waals surface area contributed by atoms with Gasteiger partial charge in [0, 0.05) is 0 Å². The van der Waals surface area contributed by atoms with Crippen molar-refractivity contribution in [2.75, 3.05) is 11.6 Å². The van der Waals surface area contributed by atoms with Crippen molar-refractivity contribution in [1.29, 1.82) is 0 Å². The maximum Gasteiger partial charge on any atom is 0.416 e. The molecule has 0 aliphatic rings. The standard InChI is InChI=1S/C24H16F3N3O3S/c25-24(26,27)18-7-4-8-19(12-18)30(29-13-16-5-2-1-3-6-16)22(31)14-33-23(32)17-9-10-20-21(11-17)34-15-28-20/h1-13,15H,14H2/b29-13+. The molecule has 0 aliphatic carbocycles. The van der Waals surface area contributed by atoms with E-state index in [4.69, 9.17) is 4.74 Å². The van der Waals surface area contributed by atoms with Gasteiger partial charge in [-0.05, 0) is 42.0 Å². The summed E-state index contributed by atoms with van der Waals surface area (Å²) in [7, 11) is 0. The molecule has 0 unspecified atom stereocenters. The van der Waals surface area contributed by atoms with Gasteiger partial charge in [0.05, 0.1) is 38.8 Å². The minimum Gasteiger partial charge on any atom is -0.452 e. The first-order valence-electron chi connectivity index (χ1n) is 9.91. The van der Waals surface area contributed by atoms with Crippen molar-refractivity contribution in [3.63, 3.8) is 0 Å². The van der Waals surface area contributed by atoms with Crippen LogP contribution in [0.3, 0.4) is 0 Å². The number of alkyl halides is 3. The van der Waals surface area contributed by atoms with E-state index >= 15 is 0 Å². The van der Waals surface area contributed by atoms with Crippen molar-refractivity contribution in [2.45, 2.75) is 6.18 Å². The van der Waals surface area contributed by atoms with Gasteiger partial charge >= 0.3 is 12.1 Å². The monoisotopic (exact) mass is 483 g/mol. The lowest BCUT2D eigenvalue weighted by Crippen LogP contribution is -2.31. The Balaban J connectivity index is 1.55. The third-order valence-electron chi connectivity index (χ3n) is 4.67. The number of hydrogen-bond acceptors (Lipinski definition) is 6. The fourth-order valence-corrected chi connectivity index (χ4v) is 3.72. The summed E-state index contributed by atoms with van der Waals surface area (Å²) >= 11 is 1.35. The number of ether oxygens (including phenoxy) is 1. The predicted molar refractivity (Wildman–Crippen MR) is 123 cm³/mol. The first kappa shape index (κ1) is 23.1. The van der Waals surface area contributed by atoms with Crippen LogP contribution in [-0.2, 0) is 15.7 Å². The van der Waals surface area contributed by atoms with E-state index in [2.05, 4.69) is 10.1 Å². The number of carbonyl (C=O) groups excluding carboxylic acids is 2. The van der Waals surface area contributed by atoms with Crippen LogP contribution in [0.25, 0.3) is 10.2 Å². The summed E-state index contributed by atoms with van der Waals surface area (Å²) in [6.07, 6.45) is -3.27. The van der Waals surface area contributed by atoms with Crippen molar-refractivity contribution < 1.29 is 27.5 Å². The Bertz CT molecular complexity index is 1350. The molecule has 0 bridgehead atoms. The molecule has 0 N–H and O–H groups in total. The average molecular weight is 483 g/mol. The third kappa shape index (κ3) is 5.46. The maximum absolute atomic E-state index is 13.2. The molecule has 0 saturated carbocycles. The molecule has 0 atom stereocenters. The maximum atomic E-state index is 13.2. The number of fused-ring (bicyclic) bond motifs is 1. The van der Waals surface area contributed by atoms with Gasteiger partial charge in [-0.1, -0.05) is 36.4 Å². The van der Waals surface area contributed by atoms with Crippen molar-refractivity contribution in [3.8, 4) is 0 Å². The predicted octanol–water partition coefficient (Wildman–Crippen LogP) is 5.54. The Morgan fingerprint density at radius 3 is 2.59 bits per heavy atom. The van der Waals surface area contributed by atoms with Crippen LogP contribution < -0.4 is 5.01 Å². The number of hydrazone groups is 1. The van der Waals surface area contributed by atoms with Gasteiger partial charge in [-0.15, -0.1) is 11.3 Å². The van der Waals surface area contributed by atoms with E-state index in [1.165, 1.54) is 35.8 Å². The van der Waals surface area contributed by atoms with E-state index in [-0.39, 0.29) is 11.3 Å². The number of benzene rings is 3. The van der Waals surface area contributed by atoms with Crippen LogP contribution in [0.4, 0.5) is 18.9 Å². The molecule has 0 aliphatic heterocycles. The SMILES string of the molecule is O=C(OCC(=O)N(/N=C/c1ccccc1)c1cccc(C(F)(F)F)c1)c1ccc2ncsc2c1. The Kier molecular flexibility index (Phi) is 6.69. The lowest BCUT2D eigenvalue weighted by molar-refractivity contribution is -0.137. The van der Waals surface area contributed by atoms with E-state index in [0.717, 1.165) is 27.4 Å². The summed E-state index contributed by atoms with van der Waals surface area (Å²) in [5.74, 6) is -1.57. The van der Waals surface area contributed by atoms with Crippen molar-refractivity contribution >= 4 is 45.3 Å². The average Bonchev–Trinajstić information content (AvgIpc) is 3.31. The van der Waals surface area contributed by atoms with Gasteiger partial charge in [-0.25, -0.2) is 9.78 Å². The number of esters is 1. The lowest BCUT2D eigenvalue weighted by Gasteiger charge is -2.18. The normalized spacial score (nSPS) is 11.6. The highest BCUT2D eigenvalue weighted by Crippen LogP contribution is 2.32. The number of anilines is 1. The van der Waals surface area contributed by atoms with E-state index in [1.54, 1.807) is 48.0 Å². The molecular weight excluding hydrogens is 467 g/mol. The highest BCUT2D eigenvalue weighted by Gasteiger charge is 2.31. The molecule has 1 amide bonds. The van der Waals surface area contributed by atoms with Gasteiger partial charge in [0.1, 0.15) is 0 Å². The fourth-order valence-electron chi connectivity index (χ4n) is 3.01. The third-order valence-corrected chi connectivity index (χ3v) is 5.46. The van der Waals surface area contributed by atoms with E-state index in [9.17, 15) is 22.8 Å². The minimum absolute atomic E-state index is 0.117. The number of carbonyl (C=O) groups is 2. The Morgan fingerprint density at radius 2 is 1.82 bits per heavy atom. The number of aromatic nitrogens is 1. The van der Waals surface area contributed by atoms with Crippen LogP contribution in [0.2, 0.25) is 0 Å². The molecule has 1 aromatic heterocycles. The summed E-state index contributed by atoms with van der Waals surface area (Å²) in [6.45, 7) is -0.720. The summed E-state index contributed by atoms with van der Waals surface area (Å²) < 4.78 is 45.5. The second-order valence-electron chi connectivity index (χ2n) is 7.02. The molecule has 0 fully saturated rings. The Hall–Kier alpha value is -4.05. The molecule has 0 radical (unpaired) electrons. The summed E-state index contributed by atoms with van der Waals surface area (Å²) in [5, 5.41) is 4.85. The molecule has 1 heterocycles. The van der Waals surface area contributed by atoms with Gasteiger partial charge in [-0.3, -0.25) is 4.79 Å². The molecule has 0 spiro atoms. The molecule has 3 aromatic carbocycles. The van der Waals surface area contributed by atoms with Crippen molar-refractivity contribution in [1.82, 2.24) is 4.98 Å². The van der Waals surface area contributed by atoms with Crippen molar-refractivity contribution in [3.05, 3.63) is 95.0 Å². The molecular formula is C24H16F3N3O3S. The number of halogens is 3. The number of rotatable bonds is 6. The van der Waals surface area contributed by atoms with E-state index < -0.39 is 30.2 Å². The largest absolute Gasteiger partial charge is 0.452 e. The van der Waals surface area contributed by atoms with Gasteiger partial charge < -0.3 is 4.74 Å². The van der Waals surface area contributed by atoms with Crippen LogP contribution in [0.15, 0.2) is 83.4 Å². The summed E-state index contributed by atoms with van der Waals surface area (Å²) in [5.41, 5.74) is 2.16. The number of thiazole rings is 1. The molecule has 4 aromatic rings. The second kappa shape index (κ2) is 9.84. The molecule has 4 rings (SSSR count). The topological polar surface area (TPSA) is 71.9 Å². The molecule has 10 heteroatoms. The van der Waals surface area contributed by atoms with Crippen LogP contribution in [0.5, 0.6) is 0 Å². The number of amides is 1. The van der Waals surface area contributed by atoms with Crippen molar-refractivity contribution in [2.24, 2.45) is 5.10 Å². The van der Waals surface area contributed by atoms with Crippen LogP contribution in [0, 0.1) is 0 Å². The van der Waals surface area contributed by atoms with Gasteiger partial charge in [-0.2, -0.15) is 23.3 Å². The Labute approximate surface area is 195 Å². The van der Waals surface area contributed by atoms with Crippen LogP contribution in [0.1, 0.15) is 21.5 Å². The zero-order chi connectivity index (χ0) is 24.1. The minimum atomic E-state index is -4.60. The number of nitrogens with zero attached hydrogens (tertiary/aromatic N) is 3. The smallest absolute Gasteiger partial charge is 0.416 e. The van der Waals surface area contributed by atoms with E-state index in [1.807, 2.05) is 0 Å². The molecule has 172 valence electrons. The highest BCUT2D eigenvalue weighted by atomic mass is 32.1. The fraction of sp³-hybridized carbons (Fsp3) is 0.0833. The molecule has 6 nitrogen and oxygen atoms in total. The van der Waals surface area contributed by atoms with E-state index in [0.29, 0.717) is 5.56 Å². The zero-order valence-corrected chi connectivity index (χ0v) is 18.2. The van der Waals surface area contributed by atoms with Gasteiger partial charge in [0.15, 0.2) is 6.61 Å².